The summed E-state index contributed by atoms with van der Waals surface area (Å²) in [4.78, 5) is 0. The van der Waals surface area contributed by atoms with Gasteiger partial charge in [0.2, 0.25) is 0 Å². The maximum atomic E-state index is 13.2. The van der Waals surface area contributed by atoms with E-state index in [1.807, 2.05) is 0 Å². The van der Waals surface area contributed by atoms with Crippen LogP contribution in [0.3, 0.4) is 0 Å². The standard InChI is InChI=1S/C8H12FN/c1-2-8(9)5-3-4-7(10)6-8/h1,7H,3-6,10H2. The Labute approximate surface area is 60.8 Å². The number of halogens is 1. The molecule has 1 aliphatic carbocycles. The van der Waals surface area contributed by atoms with Crippen molar-refractivity contribution in [3.63, 3.8) is 0 Å². The number of nitrogens with two attached hydrogens (primary N) is 1. The highest BCUT2D eigenvalue weighted by molar-refractivity contribution is 5.10. The van der Waals surface area contributed by atoms with Gasteiger partial charge in [0.05, 0.1) is 0 Å². The minimum Gasteiger partial charge on any atom is -0.328 e. The number of hydrogen-bond acceptors (Lipinski definition) is 1. The molecule has 0 spiro atoms. The number of hydrogen-bond donors (Lipinski definition) is 1. The van der Waals surface area contributed by atoms with Gasteiger partial charge in [0.1, 0.15) is 0 Å². The average molecular weight is 141 g/mol. The largest absolute Gasteiger partial charge is 0.328 e. The average Bonchev–Trinajstić information content (AvgIpc) is 1.88. The van der Waals surface area contributed by atoms with Crippen LogP contribution in [-0.2, 0) is 0 Å². The first-order valence-corrected chi connectivity index (χ1v) is 3.58. The quantitative estimate of drug-likeness (QED) is 0.504. The van der Waals surface area contributed by atoms with Crippen LogP contribution in [0.5, 0.6) is 0 Å². The zero-order valence-electron chi connectivity index (χ0n) is 5.94. The Hall–Kier alpha value is -0.550. The first-order chi connectivity index (χ1) is 4.66. The minimum absolute atomic E-state index is 0.0326. The van der Waals surface area contributed by atoms with Crippen LogP contribution in [0.2, 0.25) is 0 Å². The lowest BCUT2D eigenvalue weighted by atomic mass is 9.84. The summed E-state index contributed by atoms with van der Waals surface area (Å²) in [6, 6.07) is -0.0326. The lowest BCUT2D eigenvalue weighted by molar-refractivity contribution is 0.160. The zero-order valence-corrected chi connectivity index (χ0v) is 5.94. The molecule has 0 amide bonds. The normalized spacial score (nSPS) is 40.7. The van der Waals surface area contributed by atoms with Crippen LogP contribution in [0, 0.1) is 12.3 Å². The Morgan fingerprint density at radius 3 is 2.80 bits per heavy atom. The van der Waals surface area contributed by atoms with Gasteiger partial charge in [-0.05, 0) is 19.3 Å². The fraction of sp³-hybridized carbons (Fsp3) is 0.750. The van der Waals surface area contributed by atoms with Gasteiger partial charge >= 0.3 is 0 Å². The molecule has 56 valence electrons. The molecule has 0 aliphatic heterocycles. The van der Waals surface area contributed by atoms with Crippen molar-refractivity contribution in [2.45, 2.75) is 37.4 Å². The molecule has 2 atom stereocenters. The summed E-state index contributed by atoms with van der Waals surface area (Å²) in [6.45, 7) is 0. The Bertz CT molecular complexity index is 161. The van der Waals surface area contributed by atoms with Crippen LogP contribution >= 0.6 is 0 Å². The molecule has 2 N–H and O–H groups in total. The maximum absolute atomic E-state index is 13.2. The van der Waals surface area contributed by atoms with Crippen molar-refractivity contribution in [1.82, 2.24) is 0 Å². The molecule has 1 rings (SSSR count). The smallest absolute Gasteiger partial charge is 0.172 e. The van der Waals surface area contributed by atoms with Crippen molar-refractivity contribution in [2.24, 2.45) is 5.73 Å². The molecule has 0 heterocycles. The molecule has 2 unspecified atom stereocenters. The highest BCUT2D eigenvalue weighted by Gasteiger charge is 2.32. The van der Waals surface area contributed by atoms with E-state index in [1.54, 1.807) is 0 Å². The number of terminal acetylenes is 1. The molecule has 0 aromatic carbocycles. The van der Waals surface area contributed by atoms with Crippen LogP contribution in [0.4, 0.5) is 4.39 Å². The van der Waals surface area contributed by atoms with Crippen molar-refractivity contribution in [3.05, 3.63) is 0 Å². The second kappa shape index (κ2) is 2.59. The molecule has 0 saturated heterocycles. The molecule has 0 aromatic rings. The van der Waals surface area contributed by atoms with E-state index in [2.05, 4.69) is 5.92 Å². The predicted octanol–water partition coefficient (Wildman–Crippen LogP) is 1.23. The summed E-state index contributed by atoms with van der Waals surface area (Å²) in [5, 5.41) is 0. The lowest BCUT2D eigenvalue weighted by Gasteiger charge is -2.28. The van der Waals surface area contributed by atoms with E-state index in [1.165, 1.54) is 0 Å². The number of rotatable bonds is 0. The molecule has 0 radical (unpaired) electrons. The van der Waals surface area contributed by atoms with E-state index in [9.17, 15) is 4.39 Å². The fourth-order valence-electron chi connectivity index (χ4n) is 1.40. The van der Waals surface area contributed by atoms with Gasteiger partial charge in [-0.2, -0.15) is 0 Å². The minimum atomic E-state index is -1.41. The van der Waals surface area contributed by atoms with Crippen LogP contribution in [0.1, 0.15) is 25.7 Å². The summed E-state index contributed by atoms with van der Waals surface area (Å²) in [5.41, 5.74) is 4.15. The van der Waals surface area contributed by atoms with E-state index >= 15 is 0 Å². The highest BCUT2D eigenvalue weighted by Crippen LogP contribution is 2.30. The van der Waals surface area contributed by atoms with Gasteiger partial charge in [0, 0.05) is 12.5 Å². The Morgan fingerprint density at radius 2 is 2.40 bits per heavy atom. The topological polar surface area (TPSA) is 26.0 Å². The molecule has 10 heavy (non-hydrogen) atoms. The highest BCUT2D eigenvalue weighted by atomic mass is 19.1. The maximum Gasteiger partial charge on any atom is 0.172 e. The predicted molar refractivity (Wildman–Crippen MR) is 39.1 cm³/mol. The van der Waals surface area contributed by atoms with E-state index in [4.69, 9.17) is 12.2 Å². The third kappa shape index (κ3) is 1.48. The molecular formula is C8H12FN. The van der Waals surface area contributed by atoms with Crippen molar-refractivity contribution >= 4 is 0 Å². The molecular weight excluding hydrogens is 129 g/mol. The molecule has 1 fully saturated rings. The third-order valence-electron chi connectivity index (χ3n) is 1.99. The van der Waals surface area contributed by atoms with Gasteiger partial charge in [-0.25, -0.2) is 4.39 Å². The summed E-state index contributed by atoms with van der Waals surface area (Å²) in [7, 11) is 0. The van der Waals surface area contributed by atoms with Gasteiger partial charge in [-0.15, -0.1) is 6.42 Å². The number of alkyl halides is 1. The monoisotopic (exact) mass is 141 g/mol. The van der Waals surface area contributed by atoms with Crippen LogP contribution < -0.4 is 5.73 Å². The van der Waals surface area contributed by atoms with E-state index in [0.29, 0.717) is 12.8 Å². The molecule has 1 saturated carbocycles. The van der Waals surface area contributed by atoms with Crippen molar-refractivity contribution in [1.29, 1.82) is 0 Å². The van der Waals surface area contributed by atoms with E-state index in [-0.39, 0.29) is 6.04 Å². The first-order valence-electron chi connectivity index (χ1n) is 3.58. The third-order valence-corrected chi connectivity index (χ3v) is 1.99. The Balaban J connectivity index is 2.56. The van der Waals surface area contributed by atoms with Crippen LogP contribution in [-0.4, -0.2) is 11.7 Å². The summed E-state index contributed by atoms with van der Waals surface area (Å²) in [6.07, 6.45) is 7.57. The zero-order chi connectivity index (χ0) is 7.61. The molecule has 1 nitrogen and oxygen atoms in total. The lowest BCUT2D eigenvalue weighted by Crippen LogP contribution is -2.36. The van der Waals surface area contributed by atoms with E-state index < -0.39 is 5.67 Å². The Morgan fingerprint density at radius 1 is 1.70 bits per heavy atom. The van der Waals surface area contributed by atoms with Gasteiger partial charge in [-0.3, -0.25) is 0 Å². The SMILES string of the molecule is C#CC1(F)CCCC(N)C1. The second-order valence-corrected chi connectivity index (χ2v) is 2.97. The molecule has 0 bridgehead atoms. The molecule has 0 aromatic heterocycles. The summed E-state index contributed by atoms with van der Waals surface area (Å²) >= 11 is 0. The molecule has 2 heteroatoms. The first kappa shape index (κ1) is 7.56. The molecule has 1 aliphatic rings. The summed E-state index contributed by atoms with van der Waals surface area (Å²) in [5.74, 6) is 2.16. The van der Waals surface area contributed by atoms with Crippen molar-refractivity contribution in [3.8, 4) is 12.3 Å². The Kier molecular flexibility index (Phi) is 1.96. The van der Waals surface area contributed by atoms with Gasteiger partial charge in [0.25, 0.3) is 0 Å². The van der Waals surface area contributed by atoms with Crippen LogP contribution in [0.15, 0.2) is 0 Å². The van der Waals surface area contributed by atoms with Gasteiger partial charge in [-0.1, -0.05) is 5.92 Å². The van der Waals surface area contributed by atoms with E-state index in [0.717, 1.165) is 12.8 Å². The second-order valence-electron chi connectivity index (χ2n) is 2.97. The van der Waals surface area contributed by atoms with Crippen LogP contribution in [0.25, 0.3) is 0 Å². The van der Waals surface area contributed by atoms with Crippen molar-refractivity contribution in [2.75, 3.05) is 0 Å². The van der Waals surface area contributed by atoms with Gasteiger partial charge in [0.15, 0.2) is 5.67 Å². The summed E-state index contributed by atoms with van der Waals surface area (Å²) < 4.78 is 13.2. The van der Waals surface area contributed by atoms with Gasteiger partial charge < -0.3 is 5.73 Å². The van der Waals surface area contributed by atoms with Crippen molar-refractivity contribution < 1.29 is 4.39 Å². The fourth-order valence-corrected chi connectivity index (χ4v) is 1.40.